The second kappa shape index (κ2) is 3.25. The van der Waals surface area contributed by atoms with E-state index in [1.54, 1.807) is 6.92 Å². The molecule has 0 bridgehead atoms. The summed E-state index contributed by atoms with van der Waals surface area (Å²) in [5.41, 5.74) is -0.905. The molecule has 1 unspecified atom stereocenters. The second-order valence-electron chi connectivity index (χ2n) is 2.74. The molecule has 1 aliphatic heterocycles. The lowest BCUT2D eigenvalue weighted by molar-refractivity contribution is -0.133. The van der Waals surface area contributed by atoms with Crippen LogP contribution in [0.1, 0.15) is 13.3 Å². The predicted molar refractivity (Wildman–Crippen MR) is 42.4 cm³/mol. The van der Waals surface area contributed by atoms with Crippen LogP contribution in [0.15, 0.2) is 10.5 Å². The van der Waals surface area contributed by atoms with Crippen LogP contribution in [0.5, 0.6) is 0 Å². The van der Waals surface area contributed by atoms with Crippen molar-refractivity contribution in [2.75, 3.05) is 0 Å². The summed E-state index contributed by atoms with van der Waals surface area (Å²) in [7, 11) is 0. The van der Waals surface area contributed by atoms with E-state index in [9.17, 15) is 18.0 Å². The number of hydrogen-bond donors (Lipinski definition) is 1. The summed E-state index contributed by atoms with van der Waals surface area (Å²) in [4.78, 5) is 9.87. The van der Waals surface area contributed by atoms with Crippen molar-refractivity contribution in [2.24, 2.45) is 0 Å². The van der Waals surface area contributed by atoms with Crippen molar-refractivity contribution in [1.82, 2.24) is 0 Å². The van der Waals surface area contributed by atoms with E-state index < -0.39 is 22.6 Å². The smallest absolute Gasteiger partial charge is 0.414 e. The molecule has 0 aliphatic carbocycles. The van der Waals surface area contributed by atoms with E-state index in [2.05, 4.69) is 0 Å². The largest absolute Gasteiger partial charge is 0.477 e. The molecule has 0 aromatic carbocycles. The summed E-state index contributed by atoms with van der Waals surface area (Å²) in [6.45, 7) is 1.58. The van der Waals surface area contributed by atoms with Crippen molar-refractivity contribution in [2.45, 2.75) is 24.8 Å². The molecule has 13 heavy (non-hydrogen) atoms. The zero-order valence-electron chi connectivity index (χ0n) is 6.68. The summed E-state index contributed by atoms with van der Waals surface area (Å²) >= 11 is 0.769. The van der Waals surface area contributed by atoms with Gasteiger partial charge in [0.2, 0.25) is 0 Å². The van der Waals surface area contributed by atoms with Gasteiger partial charge in [-0.15, -0.1) is 11.8 Å². The molecule has 1 aliphatic rings. The lowest BCUT2D eigenvalue weighted by Crippen LogP contribution is -2.14. The summed E-state index contributed by atoms with van der Waals surface area (Å²) < 4.78 is 36.6. The molecular formula is C7H7F3O2S. The molecule has 1 heterocycles. The number of carboxylic acids is 1. The highest BCUT2D eigenvalue weighted by molar-refractivity contribution is 8.04. The summed E-state index contributed by atoms with van der Waals surface area (Å²) in [6.07, 6.45) is -4.72. The highest BCUT2D eigenvalue weighted by atomic mass is 32.2. The lowest BCUT2D eigenvalue weighted by atomic mass is 10.1. The Bertz CT molecular complexity index is 269. The molecule has 1 atom stereocenters. The number of carboxylic acid groups (broad SMARTS) is 1. The minimum atomic E-state index is -4.51. The van der Waals surface area contributed by atoms with E-state index in [4.69, 9.17) is 5.11 Å². The van der Waals surface area contributed by atoms with Crippen molar-refractivity contribution < 1.29 is 23.1 Å². The Morgan fingerprint density at radius 1 is 1.62 bits per heavy atom. The van der Waals surface area contributed by atoms with Crippen LogP contribution >= 0.6 is 11.8 Å². The first-order chi connectivity index (χ1) is 5.82. The molecule has 0 spiro atoms. The fourth-order valence-electron chi connectivity index (χ4n) is 1.12. The molecule has 6 heteroatoms. The van der Waals surface area contributed by atoms with Crippen LogP contribution in [0.25, 0.3) is 0 Å². The number of rotatable bonds is 1. The number of halogens is 3. The molecule has 2 nitrogen and oxygen atoms in total. The molecule has 1 rings (SSSR count). The van der Waals surface area contributed by atoms with Crippen LogP contribution in [0.2, 0.25) is 0 Å². The zero-order chi connectivity index (χ0) is 10.2. The quantitative estimate of drug-likeness (QED) is 0.725. The molecule has 74 valence electrons. The molecule has 1 N–H and O–H groups in total. The fourth-order valence-corrected chi connectivity index (χ4v) is 2.21. The number of thioether (sulfide) groups is 1. The van der Waals surface area contributed by atoms with E-state index in [0.717, 1.165) is 11.8 Å². The van der Waals surface area contributed by atoms with Crippen molar-refractivity contribution in [1.29, 1.82) is 0 Å². The number of aliphatic carboxylic acids is 1. The van der Waals surface area contributed by atoms with Crippen molar-refractivity contribution in [3.05, 3.63) is 10.5 Å². The van der Waals surface area contributed by atoms with Gasteiger partial charge < -0.3 is 5.11 Å². The summed E-state index contributed by atoms with van der Waals surface area (Å²) in [6, 6.07) is 0. The monoisotopic (exact) mass is 212 g/mol. The Hall–Kier alpha value is -0.650. The third-order valence-electron chi connectivity index (χ3n) is 1.62. The van der Waals surface area contributed by atoms with E-state index in [0.29, 0.717) is 0 Å². The maximum absolute atomic E-state index is 12.2. The number of alkyl halides is 3. The van der Waals surface area contributed by atoms with Gasteiger partial charge in [0.25, 0.3) is 0 Å². The Morgan fingerprint density at radius 3 is 2.46 bits per heavy atom. The first-order valence-corrected chi connectivity index (χ1v) is 4.40. The van der Waals surface area contributed by atoms with Crippen LogP contribution < -0.4 is 0 Å². The molecule has 0 radical (unpaired) electrons. The number of hydrogen-bond acceptors (Lipinski definition) is 2. The Balaban J connectivity index is 3.02. The van der Waals surface area contributed by atoms with E-state index in [1.807, 2.05) is 0 Å². The minimum Gasteiger partial charge on any atom is -0.477 e. The van der Waals surface area contributed by atoms with Crippen molar-refractivity contribution in [3.63, 3.8) is 0 Å². The first kappa shape index (κ1) is 10.4. The number of carbonyl (C=O) groups is 1. The molecule has 0 amide bonds. The van der Waals surface area contributed by atoms with Gasteiger partial charge in [-0.1, -0.05) is 6.92 Å². The average Bonchev–Trinajstić information content (AvgIpc) is 2.29. The van der Waals surface area contributed by atoms with Crippen LogP contribution in [-0.2, 0) is 4.79 Å². The van der Waals surface area contributed by atoms with Crippen LogP contribution in [0.4, 0.5) is 13.2 Å². The standard InChI is InChI=1S/C7H7F3O2S/c1-3-2-4(7(8,9)10)5(13-3)6(11)12/h3H,2H2,1H3,(H,11,12). The van der Waals surface area contributed by atoms with E-state index in [1.165, 1.54) is 0 Å². The SMILES string of the molecule is CC1CC(C(F)(F)F)=C(C(=O)O)S1. The van der Waals surface area contributed by atoms with Crippen LogP contribution in [0.3, 0.4) is 0 Å². The molecule has 0 saturated carbocycles. The van der Waals surface area contributed by atoms with Crippen LogP contribution in [0, 0.1) is 0 Å². The van der Waals surface area contributed by atoms with E-state index >= 15 is 0 Å². The molecule has 0 saturated heterocycles. The third-order valence-corrected chi connectivity index (χ3v) is 2.85. The van der Waals surface area contributed by atoms with Gasteiger partial charge in [0.05, 0.1) is 5.57 Å². The van der Waals surface area contributed by atoms with Gasteiger partial charge in [-0.2, -0.15) is 13.2 Å². The topological polar surface area (TPSA) is 37.3 Å². The second-order valence-corrected chi connectivity index (χ2v) is 4.19. The maximum atomic E-state index is 12.2. The fraction of sp³-hybridized carbons (Fsp3) is 0.571. The zero-order valence-corrected chi connectivity index (χ0v) is 7.50. The molecule has 0 aromatic heterocycles. The predicted octanol–water partition coefficient (Wildman–Crippen LogP) is 2.41. The minimum absolute atomic E-state index is 0.212. The van der Waals surface area contributed by atoms with Crippen LogP contribution in [-0.4, -0.2) is 22.5 Å². The van der Waals surface area contributed by atoms with Gasteiger partial charge in [0.1, 0.15) is 4.91 Å². The lowest BCUT2D eigenvalue weighted by Gasteiger charge is -2.07. The van der Waals surface area contributed by atoms with E-state index in [-0.39, 0.29) is 11.7 Å². The van der Waals surface area contributed by atoms with Gasteiger partial charge in [-0.3, -0.25) is 0 Å². The van der Waals surface area contributed by atoms with Crippen molar-refractivity contribution in [3.8, 4) is 0 Å². The highest BCUT2D eigenvalue weighted by Gasteiger charge is 2.42. The Kier molecular flexibility index (Phi) is 2.61. The number of allylic oxidation sites excluding steroid dienone is 1. The van der Waals surface area contributed by atoms with Gasteiger partial charge >= 0.3 is 12.1 Å². The molecule has 0 fully saturated rings. The normalized spacial score (nSPS) is 23.8. The maximum Gasteiger partial charge on any atom is 0.414 e. The molecule has 0 aromatic rings. The Morgan fingerprint density at radius 2 is 2.15 bits per heavy atom. The highest BCUT2D eigenvalue weighted by Crippen LogP contribution is 2.44. The van der Waals surface area contributed by atoms with Crippen molar-refractivity contribution >= 4 is 17.7 Å². The van der Waals surface area contributed by atoms with Gasteiger partial charge in [-0.05, 0) is 6.42 Å². The third kappa shape index (κ3) is 2.18. The summed E-state index contributed by atoms with van der Waals surface area (Å²) in [5, 5.41) is 8.18. The van der Waals surface area contributed by atoms with Gasteiger partial charge in [0.15, 0.2) is 0 Å². The van der Waals surface area contributed by atoms with Gasteiger partial charge in [-0.25, -0.2) is 4.79 Å². The first-order valence-electron chi connectivity index (χ1n) is 3.52. The molecular weight excluding hydrogens is 205 g/mol. The summed E-state index contributed by atoms with van der Waals surface area (Å²) in [5.74, 6) is -1.48. The van der Waals surface area contributed by atoms with Gasteiger partial charge in [0, 0.05) is 5.25 Å². The average molecular weight is 212 g/mol. The Labute approximate surface area is 76.8 Å².